The van der Waals surface area contributed by atoms with Gasteiger partial charge >= 0.3 is 0 Å². The normalized spacial score (nSPS) is 8.42. The molecule has 0 aromatic heterocycles. The van der Waals surface area contributed by atoms with Gasteiger partial charge in [0.25, 0.3) is 5.69 Å². The second-order valence-electron chi connectivity index (χ2n) is 2.02. The first-order valence-electron chi connectivity index (χ1n) is 3.10. The van der Waals surface area contributed by atoms with Crippen molar-refractivity contribution in [3.05, 3.63) is 39.9 Å². The van der Waals surface area contributed by atoms with Gasteiger partial charge in [0, 0.05) is 40.3 Å². The fourth-order valence-electron chi connectivity index (χ4n) is 0.721. The SMILES string of the molecule is O=[N+]([O-])c1ccc(C#CI)cc1. The van der Waals surface area contributed by atoms with E-state index in [4.69, 9.17) is 0 Å². The Hall–Kier alpha value is -1.09. The van der Waals surface area contributed by atoms with E-state index in [9.17, 15) is 10.1 Å². The fraction of sp³-hybridized carbons (Fsp3) is 0. The van der Waals surface area contributed by atoms with Crippen LogP contribution in [0.25, 0.3) is 0 Å². The molecule has 12 heavy (non-hydrogen) atoms. The van der Waals surface area contributed by atoms with Crippen molar-refractivity contribution in [1.29, 1.82) is 0 Å². The molecule has 0 atom stereocenters. The zero-order chi connectivity index (χ0) is 8.97. The molecule has 0 amide bonds. The molecule has 60 valence electrons. The number of non-ortho nitro benzene ring substituents is 1. The van der Waals surface area contributed by atoms with Crippen molar-refractivity contribution < 1.29 is 4.92 Å². The molecular weight excluding hydrogens is 269 g/mol. The molecule has 4 heteroatoms. The Morgan fingerprint density at radius 2 is 1.92 bits per heavy atom. The molecule has 0 fully saturated rings. The number of halogens is 1. The third kappa shape index (κ3) is 2.20. The number of hydrogen-bond donors (Lipinski definition) is 0. The average molecular weight is 273 g/mol. The highest BCUT2D eigenvalue weighted by Gasteiger charge is 2.01. The van der Waals surface area contributed by atoms with Gasteiger partial charge in [-0.15, -0.1) is 0 Å². The van der Waals surface area contributed by atoms with Crippen LogP contribution in [0.3, 0.4) is 0 Å². The van der Waals surface area contributed by atoms with Gasteiger partial charge in [0.05, 0.1) is 4.92 Å². The molecule has 0 saturated carbocycles. The molecule has 0 aliphatic heterocycles. The Balaban J connectivity index is 2.98. The topological polar surface area (TPSA) is 43.1 Å². The van der Waals surface area contributed by atoms with E-state index in [2.05, 4.69) is 9.85 Å². The Labute approximate surface area is 83.1 Å². The molecule has 0 radical (unpaired) electrons. The van der Waals surface area contributed by atoms with Crippen LogP contribution in [-0.2, 0) is 0 Å². The maximum Gasteiger partial charge on any atom is 0.269 e. The van der Waals surface area contributed by atoms with Crippen LogP contribution in [0.4, 0.5) is 5.69 Å². The lowest BCUT2D eigenvalue weighted by atomic mass is 10.2. The van der Waals surface area contributed by atoms with Gasteiger partial charge in [-0.1, -0.05) is 5.92 Å². The van der Waals surface area contributed by atoms with E-state index in [0.29, 0.717) is 0 Å². The van der Waals surface area contributed by atoms with Crippen LogP contribution in [0, 0.1) is 20.0 Å². The molecular formula is C8H4INO2. The molecule has 0 aliphatic carbocycles. The molecule has 0 bridgehead atoms. The quantitative estimate of drug-likeness (QED) is 0.341. The predicted octanol–water partition coefficient (Wildman–Crippen LogP) is 2.34. The maximum atomic E-state index is 10.2. The van der Waals surface area contributed by atoms with E-state index in [-0.39, 0.29) is 5.69 Å². The zero-order valence-electron chi connectivity index (χ0n) is 5.95. The summed E-state index contributed by atoms with van der Waals surface area (Å²) in [5, 5.41) is 10.2. The van der Waals surface area contributed by atoms with Gasteiger partial charge in [-0.25, -0.2) is 0 Å². The summed E-state index contributed by atoms with van der Waals surface area (Å²) in [6, 6.07) is 6.14. The Kier molecular flexibility index (Phi) is 3.05. The van der Waals surface area contributed by atoms with E-state index in [1.807, 2.05) is 22.6 Å². The first-order chi connectivity index (χ1) is 5.74. The monoisotopic (exact) mass is 273 g/mol. The summed E-state index contributed by atoms with van der Waals surface area (Å²) in [5.74, 6) is 2.79. The second-order valence-corrected chi connectivity index (χ2v) is 2.56. The van der Waals surface area contributed by atoms with Gasteiger partial charge in [-0.2, -0.15) is 0 Å². The van der Waals surface area contributed by atoms with Crippen LogP contribution in [0.2, 0.25) is 0 Å². The molecule has 0 unspecified atom stereocenters. The van der Waals surface area contributed by atoms with Crippen molar-refractivity contribution in [1.82, 2.24) is 0 Å². The third-order valence-corrected chi connectivity index (χ3v) is 1.54. The van der Waals surface area contributed by atoms with Crippen LogP contribution in [0.15, 0.2) is 24.3 Å². The zero-order valence-corrected chi connectivity index (χ0v) is 8.11. The predicted molar refractivity (Wildman–Crippen MR) is 54.0 cm³/mol. The molecule has 0 spiro atoms. The Bertz CT molecular complexity index is 348. The summed E-state index contributed by atoms with van der Waals surface area (Å²) in [4.78, 5) is 9.81. The molecule has 1 aromatic carbocycles. The van der Waals surface area contributed by atoms with Gasteiger partial charge in [-0.3, -0.25) is 10.1 Å². The summed E-state index contributed by atoms with van der Waals surface area (Å²) < 4.78 is 2.68. The van der Waals surface area contributed by atoms with Gasteiger partial charge in [0.2, 0.25) is 0 Å². The lowest BCUT2D eigenvalue weighted by Crippen LogP contribution is -1.86. The lowest BCUT2D eigenvalue weighted by molar-refractivity contribution is -0.384. The van der Waals surface area contributed by atoms with E-state index < -0.39 is 4.92 Å². The highest BCUT2D eigenvalue weighted by molar-refractivity contribution is 14.1. The van der Waals surface area contributed by atoms with Crippen LogP contribution in [-0.4, -0.2) is 4.92 Å². The molecule has 1 aromatic rings. The Morgan fingerprint density at radius 3 is 2.33 bits per heavy atom. The number of nitro groups is 1. The minimum absolute atomic E-state index is 0.0917. The molecule has 0 saturated heterocycles. The van der Waals surface area contributed by atoms with E-state index in [1.54, 1.807) is 12.1 Å². The van der Waals surface area contributed by atoms with Gasteiger partial charge in [0.1, 0.15) is 0 Å². The molecule has 1 rings (SSSR count). The highest BCUT2D eigenvalue weighted by atomic mass is 127. The number of hydrogen-bond acceptors (Lipinski definition) is 2. The van der Waals surface area contributed by atoms with Gasteiger partial charge < -0.3 is 0 Å². The summed E-state index contributed by atoms with van der Waals surface area (Å²) in [6.07, 6.45) is 0. The van der Waals surface area contributed by atoms with Crippen molar-refractivity contribution in [2.75, 3.05) is 0 Å². The molecule has 0 N–H and O–H groups in total. The minimum Gasteiger partial charge on any atom is -0.258 e. The van der Waals surface area contributed by atoms with Crippen LogP contribution in [0.1, 0.15) is 5.56 Å². The number of rotatable bonds is 1. The first kappa shape index (κ1) is 9.00. The lowest BCUT2D eigenvalue weighted by Gasteiger charge is -1.89. The summed E-state index contributed by atoms with van der Waals surface area (Å²) in [5.41, 5.74) is 0.879. The van der Waals surface area contributed by atoms with E-state index >= 15 is 0 Å². The van der Waals surface area contributed by atoms with Crippen molar-refractivity contribution in [2.24, 2.45) is 0 Å². The number of nitrogens with zero attached hydrogens (tertiary/aromatic N) is 1. The maximum absolute atomic E-state index is 10.2. The summed E-state index contributed by atoms with van der Waals surface area (Å²) >= 11 is 1.92. The van der Waals surface area contributed by atoms with Gasteiger partial charge in [0.15, 0.2) is 0 Å². The standard InChI is InChI=1S/C8H4INO2/c9-6-5-7-1-3-8(4-2-7)10(11)12/h1-4H. The van der Waals surface area contributed by atoms with Crippen LogP contribution in [0.5, 0.6) is 0 Å². The van der Waals surface area contributed by atoms with Crippen molar-refractivity contribution in [3.63, 3.8) is 0 Å². The minimum atomic E-state index is -0.429. The molecule has 0 heterocycles. The first-order valence-corrected chi connectivity index (χ1v) is 4.18. The van der Waals surface area contributed by atoms with E-state index in [1.165, 1.54) is 12.1 Å². The van der Waals surface area contributed by atoms with E-state index in [0.717, 1.165) is 5.56 Å². The van der Waals surface area contributed by atoms with Crippen molar-refractivity contribution in [3.8, 4) is 9.85 Å². The molecule has 3 nitrogen and oxygen atoms in total. The third-order valence-electron chi connectivity index (χ3n) is 1.27. The second kappa shape index (κ2) is 4.07. The van der Waals surface area contributed by atoms with Crippen LogP contribution >= 0.6 is 22.6 Å². The molecule has 0 aliphatic rings. The smallest absolute Gasteiger partial charge is 0.258 e. The van der Waals surface area contributed by atoms with Crippen LogP contribution < -0.4 is 0 Å². The summed E-state index contributed by atoms with van der Waals surface area (Å²) in [7, 11) is 0. The largest absolute Gasteiger partial charge is 0.269 e. The number of benzene rings is 1. The van der Waals surface area contributed by atoms with Gasteiger partial charge in [-0.05, 0) is 16.1 Å². The van der Waals surface area contributed by atoms with Crippen molar-refractivity contribution in [2.45, 2.75) is 0 Å². The highest BCUT2D eigenvalue weighted by Crippen LogP contribution is 2.10. The average Bonchev–Trinajstić information content (AvgIpc) is 2.06. The van der Waals surface area contributed by atoms with Crippen molar-refractivity contribution >= 4 is 28.3 Å². The fourth-order valence-corrected chi connectivity index (χ4v) is 1.03. The Morgan fingerprint density at radius 1 is 1.33 bits per heavy atom. The number of nitro benzene ring substituents is 1. The summed E-state index contributed by atoms with van der Waals surface area (Å²) in [6.45, 7) is 0.